The molecule has 0 spiro atoms. The molecule has 0 aliphatic heterocycles. The highest BCUT2D eigenvalue weighted by Crippen LogP contribution is 2.37. The van der Waals surface area contributed by atoms with E-state index in [2.05, 4.69) is 58.1 Å². The Morgan fingerprint density at radius 2 is 1.94 bits per heavy atom. The summed E-state index contributed by atoms with van der Waals surface area (Å²) in [5.74, 6) is 1.01. The summed E-state index contributed by atoms with van der Waals surface area (Å²) in [6.07, 6.45) is 0. The van der Waals surface area contributed by atoms with Gasteiger partial charge in [-0.2, -0.15) is 0 Å². The van der Waals surface area contributed by atoms with Gasteiger partial charge in [0.1, 0.15) is 5.75 Å². The van der Waals surface area contributed by atoms with Crippen LogP contribution in [0.2, 0.25) is 18.1 Å². The van der Waals surface area contributed by atoms with E-state index in [1.54, 1.807) is 0 Å². The summed E-state index contributed by atoms with van der Waals surface area (Å²) in [5, 5.41) is 0.240. The zero-order valence-corrected chi connectivity index (χ0v) is 14.7. The maximum absolute atomic E-state index is 6.26. The maximum atomic E-state index is 6.26. The average molecular weight is 281 g/mol. The van der Waals surface area contributed by atoms with Crippen molar-refractivity contribution in [3.63, 3.8) is 0 Å². The van der Waals surface area contributed by atoms with Gasteiger partial charge in [0.2, 0.25) is 8.32 Å². The van der Waals surface area contributed by atoms with Crippen molar-refractivity contribution in [1.82, 2.24) is 0 Å². The summed E-state index contributed by atoms with van der Waals surface area (Å²) in [6, 6.07) is 8.41. The van der Waals surface area contributed by atoms with Crippen LogP contribution in [0.4, 0.5) is 0 Å². The zero-order valence-electron chi connectivity index (χ0n) is 11.5. The standard InChI is InChI=1S/C13H21OSi.ClH.Mg/c1-11-8-7-9-12(10-11)14-15(5,6)13(2,3)4;;/h7-10H,1H2,2-6H3;1H;/q;;+1/p-1. The van der Waals surface area contributed by atoms with Crippen molar-refractivity contribution in [2.75, 3.05) is 0 Å². The summed E-state index contributed by atoms with van der Waals surface area (Å²) in [4.78, 5) is 0. The first-order valence-corrected chi connectivity index (χ1v) is 12.1. The predicted molar refractivity (Wildman–Crippen MR) is 79.6 cm³/mol. The lowest BCUT2D eigenvalue weighted by atomic mass is 10.2. The highest BCUT2D eigenvalue weighted by molar-refractivity contribution is 6.93. The highest BCUT2D eigenvalue weighted by Gasteiger charge is 2.38. The Hall–Kier alpha value is 0.293. The molecule has 1 aromatic rings. The van der Waals surface area contributed by atoms with Crippen LogP contribution >= 0.6 is 9.07 Å². The Balaban J connectivity index is 2.84. The smallest absolute Gasteiger partial charge is 0.505 e. The van der Waals surface area contributed by atoms with E-state index in [0.717, 1.165) is 10.3 Å². The summed E-state index contributed by atoms with van der Waals surface area (Å²) in [5.41, 5.74) is 1.31. The number of hydrogen-bond donors (Lipinski definition) is 0. The van der Waals surface area contributed by atoms with Gasteiger partial charge in [0.05, 0.1) is 0 Å². The van der Waals surface area contributed by atoms with Gasteiger partial charge in [-0.3, -0.25) is 0 Å². The van der Waals surface area contributed by atoms with Crippen molar-refractivity contribution < 1.29 is 4.43 Å². The van der Waals surface area contributed by atoms with Crippen LogP contribution in [0.25, 0.3) is 0 Å². The average Bonchev–Trinajstić information content (AvgIpc) is 2.16. The Morgan fingerprint density at radius 3 is 2.47 bits per heavy atom. The SMILES string of the molecule is CC(C)(C)[Si](C)(C)Oc1cccc([CH2][Mg][Cl])c1. The van der Waals surface area contributed by atoms with E-state index in [4.69, 9.17) is 13.5 Å². The molecule has 0 aliphatic carbocycles. The Kier molecular flexibility index (Phi) is 5.38. The molecular formula is C13H21ClMgOSi. The highest BCUT2D eigenvalue weighted by atomic mass is 35.5. The lowest BCUT2D eigenvalue weighted by molar-refractivity contribution is 0.492. The first kappa shape index (κ1) is 15.4. The van der Waals surface area contributed by atoms with Crippen LogP contribution in [0.3, 0.4) is 0 Å². The Morgan fingerprint density at radius 1 is 1.29 bits per heavy atom. The largest absolute Gasteiger partial charge is 0.543 e. The van der Waals surface area contributed by atoms with E-state index >= 15 is 0 Å². The predicted octanol–water partition coefficient (Wildman–Crippen LogP) is 4.43. The van der Waals surface area contributed by atoms with Crippen molar-refractivity contribution in [3.05, 3.63) is 29.8 Å². The number of hydrogen-bond acceptors (Lipinski definition) is 1. The summed E-state index contributed by atoms with van der Waals surface area (Å²) in [6.45, 7) is 11.3. The first-order valence-electron chi connectivity index (χ1n) is 6.10. The van der Waals surface area contributed by atoms with Crippen LogP contribution < -0.4 is 4.43 Å². The van der Waals surface area contributed by atoms with Gasteiger partial charge in [-0.05, 0) is 30.3 Å². The molecule has 0 saturated heterocycles. The topological polar surface area (TPSA) is 9.23 Å². The van der Waals surface area contributed by atoms with Crippen molar-refractivity contribution >= 4 is 36.7 Å². The van der Waals surface area contributed by atoms with Crippen LogP contribution in [-0.4, -0.2) is 27.6 Å². The van der Waals surface area contributed by atoms with E-state index in [1.165, 1.54) is 5.56 Å². The third-order valence-electron chi connectivity index (χ3n) is 3.46. The zero-order chi connectivity index (χ0) is 13.1. The van der Waals surface area contributed by atoms with E-state index < -0.39 is 27.6 Å². The molecule has 0 bridgehead atoms. The minimum Gasteiger partial charge on any atom is -0.543 e. The third-order valence-corrected chi connectivity index (χ3v) is 9.15. The second kappa shape index (κ2) is 5.96. The fraction of sp³-hybridized carbons (Fsp3) is 0.538. The van der Waals surface area contributed by atoms with Gasteiger partial charge in [0, 0.05) is 0 Å². The van der Waals surface area contributed by atoms with Crippen LogP contribution in [-0.2, 0) is 4.55 Å². The normalized spacial score (nSPS) is 12.1. The van der Waals surface area contributed by atoms with Crippen LogP contribution in [0.15, 0.2) is 24.3 Å². The summed E-state index contributed by atoms with van der Waals surface area (Å²) < 4.78 is 7.30. The molecule has 0 heterocycles. The van der Waals surface area contributed by atoms with Gasteiger partial charge < -0.3 is 13.5 Å². The van der Waals surface area contributed by atoms with E-state index in [1.807, 2.05) is 0 Å². The van der Waals surface area contributed by atoms with Gasteiger partial charge in [-0.15, -0.1) is 0 Å². The minimum atomic E-state index is -1.71. The number of halogens is 1. The fourth-order valence-corrected chi connectivity index (χ4v) is 3.53. The minimum absolute atomic E-state index is 0.240. The molecule has 1 nitrogen and oxygen atoms in total. The first-order chi connectivity index (χ1) is 7.76. The number of benzene rings is 1. The lowest BCUT2D eigenvalue weighted by Crippen LogP contribution is -2.43. The van der Waals surface area contributed by atoms with Crippen molar-refractivity contribution in [1.29, 1.82) is 0 Å². The molecule has 17 heavy (non-hydrogen) atoms. The van der Waals surface area contributed by atoms with Crippen molar-refractivity contribution in [2.45, 2.75) is 43.5 Å². The molecule has 0 fully saturated rings. The quantitative estimate of drug-likeness (QED) is 0.742. The monoisotopic (exact) mass is 280 g/mol. The van der Waals surface area contributed by atoms with Gasteiger partial charge in [-0.25, -0.2) is 0 Å². The second-order valence-corrected chi connectivity index (χ2v) is 12.7. The molecule has 0 amide bonds. The van der Waals surface area contributed by atoms with Gasteiger partial charge in [0.25, 0.3) is 0 Å². The van der Waals surface area contributed by atoms with Crippen LogP contribution in [0, 0.1) is 0 Å². The molecule has 0 aromatic heterocycles. The second-order valence-electron chi connectivity index (χ2n) is 5.95. The number of rotatable bonds is 4. The lowest BCUT2D eigenvalue weighted by Gasteiger charge is -2.36. The van der Waals surface area contributed by atoms with Crippen LogP contribution in [0.5, 0.6) is 5.75 Å². The molecule has 1 rings (SSSR count). The molecule has 0 atom stereocenters. The van der Waals surface area contributed by atoms with Gasteiger partial charge in [-0.1, -0.05) is 43.0 Å². The van der Waals surface area contributed by atoms with Crippen molar-refractivity contribution in [2.24, 2.45) is 0 Å². The van der Waals surface area contributed by atoms with Gasteiger partial charge in [0.15, 0.2) is 0 Å². The van der Waals surface area contributed by atoms with Crippen LogP contribution in [0.1, 0.15) is 26.3 Å². The molecule has 4 heteroatoms. The summed E-state index contributed by atoms with van der Waals surface area (Å²) in [7, 11) is 4.19. The molecule has 0 N–H and O–H groups in total. The maximum Gasteiger partial charge on any atom is 0.505 e. The van der Waals surface area contributed by atoms with Crippen molar-refractivity contribution in [3.8, 4) is 5.75 Å². The van der Waals surface area contributed by atoms with E-state index in [-0.39, 0.29) is 5.04 Å². The molecule has 0 unspecified atom stereocenters. The fourth-order valence-electron chi connectivity index (χ4n) is 1.32. The molecule has 0 saturated carbocycles. The molecule has 1 aromatic carbocycles. The molecule has 92 valence electrons. The third kappa shape index (κ3) is 4.47. The Labute approximate surface area is 120 Å². The molecular weight excluding hydrogens is 260 g/mol. The van der Waals surface area contributed by atoms with E-state index in [0.29, 0.717) is 0 Å². The summed E-state index contributed by atoms with van der Waals surface area (Å²) >= 11 is -0.441. The van der Waals surface area contributed by atoms with E-state index in [9.17, 15) is 0 Å². The molecule has 0 radical (unpaired) electrons. The molecule has 0 aliphatic rings. The van der Waals surface area contributed by atoms with Gasteiger partial charge >= 0.3 is 19.3 Å². The Bertz CT molecular complexity index is 374.